The van der Waals surface area contributed by atoms with Crippen molar-refractivity contribution in [1.82, 2.24) is 0 Å². The molecule has 0 saturated carbocycles. The van der Waals surface area contributed by atoms with Crippen molar-refractivity contribution in [2.45, 2.75) is 38.5 Å². The average molecular weight is 689 g/mol. The third-order valence-electron chi connectivity index (χ3n) is 12.8. The average Bonchev–Trinajstić information content (AvgIpc) is 3.59. The summed E-state index contributed by atoms with van der Waals surface area (Å²) in [6.07, 6.45) is 0. The van der Waals surface area contributed by atoms with Crippen molar-refractivity contribution in [3.05, 3.63) is 192 Å². The van der Waals surface area contributed by atoms with Gasteiger partial charge in [0.25, 0.3) is 0 Å². The number of fused-ring (bicyclic) bond motifs is 10. The fourth-order valence-corrected chi connectivity index (χ4v) is 10.2. The van der Waals surface area contributed by atoms with Gasteiger partial charge >= 0.3 is 0 Å². The van der Waals surface area contributed by atoms with Crippen LogP contribution in [0.1, 0.15) is 49.9 Å². The fourth-order valence-electron chi connectivity index (χ4n) is 10.2. The van der Waals surface area contributed by atoms with Crippen molar-refractivity contribution in [2.24, 2.45) is 0 Å². The van der Waals surface area contributed by atoms with Crippen LogP contribution in [0.4, 0.5) is 0 Å². The van der Waals surface area contributed by atoms with Crippen molar-refractivity contribution < 1.29 is 0 Å². The Morgan fingerprint density at radius 1 is 0.296 bits per heavy atom. The molecule has 256 valence electrons. The minimum absolute atomic E-state index is 0.0590. The zero-order valence-corrected chi connectivity index (χ0v) is 31.2. The van der Waals surface area contributed by atoms with E-state index in [1.165, 1.54) is 110 Å². The summed E-state index contributed by atoms with van der Waals surface area (Å²) in [5, 5.41) is 7.64. The highest BCUT2D eigenvalue weighted by Gasteiger charge is 2.44. The second kappa shape index (κ2) is 11.1. The summed E-state index contributed by atoms with van der Waals surface area (Å²) >= 11 is 0. The molecule has 9 aromatic rings. The van der Waals surface area contributed by atoms with E-state index in [0.29, 0.717) is 0 Å². The molecule has 2 aliphatic rings. The van der Waals surface area contributed by atoms with Crippen LogP contribution in [-0.4, -0.2) is 0 Å². The van der Waals surface area contributed by atoms with Crippen LogP contribution in [0, 0.1) is 0 Å². The molecular formula is C54H40. The van der Waals surface area contributed by atoms with Crippen LogP contribution in [0.25, 0.3) is 88.0 Å². The van der Waals surface area contributed by atoms with Crippen LogP contribution >= 0.6 is 0 Å². The fraction of sp³-hybridized carbons (Fsp3) is 0.111. The van der Waals surface area contributed by atoms with Gasteiger partial charge in [0.1, 0.15) is 0 Å². The van der Waals surface area contributed by atoms with Crippen LogP contribution in [0.5, 0.6) is 0 Å². The third-order valence-corrected chi connectivity index (χ3v) is 12.8. The molecule has 0 radical (unpaired) electrons. The largest absolute Gasteiger partial charge is 0.0622 e. The quantitative estimate of drug-likeness (QED) is 0.162. The van der Waals surface area contributed by atoms with Gasteiger partial charge in [-0.05, 0) is 128 Å². The van der Waals surface area contributed by atoms with Crippen molar-refractivity contribution in [1.29, 1.82) is 0 Å². The maximum absolute atomic E-state index is 2.48. The lowest BCUT2D eigenvalue weighted by molar-refractivity contribution is 0.647. The zero-order chi connectivity index (χ0) is 36.3. The Kier molecular flexibility index (Phi) is 6.46. The van der Waals surface area contributed by atoms with Gasteiger partial charge in [0.15, 0.2) is 0 Å². The summed E-state index contributed by atoms with van der Waals surface area (Å²) in [5.41, 5.74) is 18.9. The molecule has 2 aliphatic carbocycles. The monoisotopic (exact) mass is 688 g/mol. The predicted octanol–water partition coefficient (Wildman–Crippen LogP) is 14.8. The van der Waals surface area contributed by atoms with Crippen LogP contribution in [0.2, 0.25) is 0 Å². The van der Waals surface area contributed by atoms with E-state index in [2.05, 4.69) is 198 Å². The Labute approximate surface area is 317 Å². The second-order valence-electron chi connectivity index (χ2n) is 16.5. The summed E-state index contributed by atoms with van der Waals surface area (Å²) in [6.45, 7) is 9.61. The van der Waals surface area contributed by atoms with Gasteiger partial charge in [-0.25, -0.2) is 0 Å². The molecule has 0 unspecified atom stereocenters. The van der Waals surface area contributed by atoms with E-state index in [4.69, 9.17) is 0 Å². The van der Waals surface area contributed by atoms with Gasteiger partial charge in [0.2, 0.25) is 0 Å². The van der Waals surface area contributed by atoms with Gasteiger partial charge in [0, 0.05) is 10.8 Å². The lowest BCUT2D eigenvalue weighted by Crippen LogP contribution is -2.18. The van der Waals surface area contributed by atoms with Crippen molar-refractivity contribution in [3.63, 3.8) is 0 Å². The predicted molar refractivity (Wildman–Crippen MR) is 230 cm³/mol. The highest BCUT2D eigenvalue weighted by atomic mass is 14.5. The minimum atomic E-state index is -0.0653. The Hall–Kier alpha value is -6.24. The molecule has 54 heavy (non-hydrogen) atoms. The highest BCUT2D eigenvalue weighted by molar-refractivity contribution is 6.21. The van der Waals surface area contributed by atoms with E-state index in [1.54, 1.807) is 0 Å². The molecule has 0 spiro atoms. The standard InChI is InChI=1S/C54H40/c1-53(2)47-28-26-37(32-45(47)51-48(53)29-27-44-39-16-12-13-21-46(39)54(3,4)52(44)51)35-22-23-36-31-38(25-24-34(36)30-35)50-42-19-10-8-17-40(42)49(33-14-6-5-7-15-33)41-18-9-11-20-43(41)50/h5-32H,1-4H3. The molecular weight excluding hydrogens is 649 g/mol. The molecule has 0 saturated heterocycles. The van der Waals surface area contributed by atoms with E-state index < -0.39 is 0 Å². The maximum atomic E-state index is 2.48. The number of rotatable bonds is 3. The minimum Gasteiger partial charge on any atom is -0.0622 e. The van der Waals surface area contributed by atoms with E-state index >= 15 is 0 Å². The van der Waals surface area contributed by atoms with Crippen LogP contribution in [-0.2, 0) is 10.8 Å². The molecule has 0 aromatic heterocycles. The Morgan fingerprint density at radius 3 is 1.48 bits per heavy atom. The zero-order valence-electron chi connectivity index (χ0n) is 31.2. The van der Waals surface area contributed by atoms with E-state index in [0.717, 1.165) is 0 Å². The lowest BCUT2D eigenvalue weighted by atomic mass is 9.77. The summed E-state index contributed by atoms with van der Waals surface area (Å²) in [7, 11) is 0. The number of hydrogen-bond acceptors (Lipinski definition) is 0. The SMILES string of the molecule is CC1(C)c2ccc(-c3ccc4cc(-c5c6ccccc6c(-c6ccccc6)c6ccccc56)ccc4c3)cc2-c2c1ccc1c2C(C)(C)c2ccccc2-1. The molecule has 0 fully saturated rings. The van der Waals surface area contributed by atoms with Gasteiger partial charge in [0.05, 0.1) is 0 Å². The third kappa shape index (κ3) is 4.26. The van der Waals surface area contributed by atoms with Crippen LogP contribution in [0.15, 0.2) is 170 Å². The Bertz CT molecular complexity index is 2970. The van der Waals surface area contributed by atoms with Crippen molar-refractivity contribution >= 4 is 32.3 Å². The smallest absolute Gasteiger partial charge is 0.0165 e. The molecule has 0 nitrogen and oxygen atoms in total. The first-order valence-electron chi connectivity index (χ1n) is 19.3. The van der Waals surface area contributed by atoms with E-state index in [9.17, 15) is 0 Å². The normalized spacial score (nSPS) is 14.6. The first kappa shape index (κ1) is 31.3. The lowest BCUT2D eigenvalue weighted by Gasteiger charge is -2.26. The van der Waals surface area contributed by atoms with Gasteiger partial charge in [-0.2, -0.15) is 0 Å². The molecule has 0 heterocycles. The second-order valence-corrected chi connectivity index (χ2v) is 16.5. The molecule has 0 aliphatic heterocycles. The van der Waals surface area contributed by atoms with Gasteiger partial charge in [-0.1, -0.05) is 179 Å². The molecule has 0 atom stereocenters. The summed E-state index contributed by atoms with van der Waals surface area (Å²) < 4.78 is 0. The van der Waals surface area contributed by atoms with Gasteiger partial charge < -0.3 is 0 Å². The topological polar surface area (TPSA) is 0 Å². The van der Waals surface area contributed by atoms with E-state index in [1.807, 2.05) is 0 Å². The summed E-state index contributed by atoms with van der Waals surface area (Å²) in [4.78, 5) is 0. The van der Waals surface area contributed by atoms with Crippen LogP contribution < -0.4 is 0 Å². The van der Waals surface area contributed by atoms with Gasteiger partial charge in [-0.15, -0.1) is 0 Å². The van der Waals surface area contributed by atoms with Crippen molar-refractivity contribution in [3.8, 4) is 55.6 Å². The molecule has 0 amide bonds. The molecule has 0 bridgehead atoms. The van der Waals surface area contributed by atoms with E-state index in [-0.39, 0.29) is 10.8 Å². The Morgan fingerprint density at radius 2 is 0.796 bits per heavy atom. The van der Waals surface area contributed by atoms with Crippen molar-refractivity contribution in [2.75, 3.05) is 0 Å². The molecule has 0 N–H and O–H groups in total. The van der Waals surface area contributed by atoms with Gasteiger partial charge in [-0.3, -0.25) is 0 Å². The summed E-state index contributed by atoms with van der Waals surface area (Å²) in [5.74, 6) is 0. The maximum Gasteiger partial charge on any atom is 0.0165 e. The highest BCUT2D eigenvalue weighted by Crippen LogP contribution is 2.59. The molecule has 9 aromatic carbocycles. The van der Waals surface area contributed by atoms with Crippen LogP contribution in [0.3, 0.4) is 0 Å². The Balaban J connectivity index is 1.05. The first-order chi connectivity index (χ1) is 26.3. The number of hydrogen-bond donors (Lipinski definition) is 0. The first-order valence-corrected chi connectivity index (χ1v) is 19.3. The molecule has 0 heteroatoms. The summed E-state index contributed by atoms with van der Waals surface area (Å²) in [6, 6.07) is 63.7. The molecule has 11 rings (SSSR count). The number of benzene rings is 9.